The van der Waals surface area contributed by atoms with Crippen LogP contribution in [0.4, 0.5) is 0 Å². The Bertz CT molecular complexity index is 1080. The van der Waals surface area contributed by atoms with Crippen molar-refractivity contribution >= 4 is 29.7 Å². The molecule has 0 heterocycles. The van der Waals surface area contributed by atoms with Gasteiger partial charge in [-0.25, -0.2) is 10.2 Å². The summed E-state index contributed by atoms with van der Waals surface area (Å²) in [6.07, 6.45) is 1.46. The molecule has 0 radical (unpaired) electrons. The SMILES string of the molecule is CCOc1ccc(C(=O)Oc2ccc(C=NNC(=O)COc3ccccc3Cl)cc2)cc1. The molecule has 1 amide bonds. The summed E-state index contributed by atoms with van der Waals surface area (Å²) in [7, 11) is 0. The Labute approximate surface area is 190 Å². The Morgan fingerprint density at radius 3 is 2.31 bits per heavy atom. The minimum Gasteiger partial charge on any atom is -0.494 e. The van der Waals surface area contributed by atoms with Gasteiger partial charge in [0.1, 0.15) is 17.2 Å². The van der Waals surface area contributed by atoms with Gasteiger partial charge in [0.05, 0.1) is 23.4 Å². The smallest absolute Gasteiger partial charge is 0.343 e. The van der Waals surface area contributed by atoms with Crippen LogP contribution in [0.25, 0.3) is 0 Å². The fourth-order valence-corrected chi connectivity index (χ4v) is 2.75. The van der Waals surface area contributed by atoms with Crippen LogP contribution >= 0.6 is 11.6 Å². The van der Waals surface area contributed by atoms with Gasteiger partial charge in [-0.05, 0) is 73.2 Å². The minimum absolute atomic E-state index is 0.221. The molecule has 3 aromatic carbocycles. The number of para-hydroxylation sites is 1. The van der Waals surface area contributed by atoms with Crippen LogP contribution in [-0.4, -0.2) is 31.3 Å². The van der Waals surface area contributed by atoms with Crippen LogP contribution in [-0.2, 0) is 4.79 Å². The number of nitrogens with zero attached hydrogens (tertiary/aromatic N) is 1. The summed E-state index contributed by atoms with van der Waals surface area (Å²) >= 11 is 5.97. The number of hydrogen-bond donors (Lipinski definition) is 1. The molecule has 7 nitrogen and oxygen atoms in total. The van der Waals surface area contributed by atoms with Crippen molar-refractivity contribution < 1.29 is 23.8 Å². The van der Waals surface area contributed by atoms with Crippen molar-refractivity contribution in [3.63, 3.8) is 0 Å². The molecule has 0 saturated carbocycles. The first kappa shape index (κ1) is 22.8. The van der Waals surface area contributed by atoms with Gasteiger partial charge in [-0.3, -0.25) is 4.79 Å². The predicted molar refractivity (Wildman–Crippen MR) is 122 cm³/mol. The molecule has 32 heavy (non-hydrogen) atoms. The number of halogens is 1. The first-order valence-electron chi connectivity index (χ1n) is 9.79. The van der Waals surface area contributed by atoms with Gasteiger partial charge < -0.3 is 14.2 Å². The summed E-state index contributed by atoms with van der Waals surface area (Å²) in [5.41, 5.74) is 3.49. The van der Waals surface area contributed by atoms with Crippen molar-refractivity contribution in [2.45, 2.75) is 6.92 Å². The lowest BCUT2D eigenvalue weighted by atomic mass is 10.2. The molecule has 0 bridgehead atoms. The van der Waals surface area contributed by atoms with E-state index < -0.39 is 11.9 Å². The molecule has 3 aromatic rings. The van der Waals surface area contributed by atoms with Gasteiger partial charge in [0.2, 0.25) is 0 Å². The molecule has 3 rings (SSSR count). The molecule has 164 valence electrons. The maximum atomic E-state index is 12.2. The number of rotatable bonds is 9. The lowest BCUT2D eigenvalue weighted by Gasteiger charge is -2.07. The van der Waals surface area contributed by atoms with Crippen molar-refractivity contribution in [3.05, 3.63) is 88.9 Å². The number of hydrazone groups is 1. The van der Waals surface area contributed by atoms with Crippen molar-refractivity contribution in [2.24, 2.45) is 5.10 Å². The summed E-state index contributed by atoms with van der Waals surface area (Å²) in [4.78, 5) is 24.1. The number of hydrogen-bond acceptors (Lipinski definition) is 6. The normalized spacial score (nSPS) is 10.6. The monoisotopic (exact) mass is 452 g/mol. The zero-order chi connectivity index (χ0) is 22.8. The molecule has 0 unspecified atom stereocenters. The minimum atomic E-state index is -0.472. The van der Waals surface area contributed by atoms with Crippen LogP contribution < -0.4 is 19.6 Å². The number of benzene rings is 3. The summed E-state index contributed by atoms with van der Waals surface area (Å²) in [6, 6.07) is 20.3. The number of esters is 1. The van der Waals surface area contributed by atoms with E-state index >= 15 is 0 Å². The number of carbonyl (C=O) groups excluding carboxylic acids is 2. The number of amides is 1. The molecule has 0 aliphatic rings. The van der Waals surface area contributed by atoms with Crippen molar-refractivity contribution in [3.8, 4) is 17.2 Å². The summed E-state index contributed by atoms with van der Waals surface area (Å²) < 4.78 is 16.1. The summed E-state index contributed by atoms with van der Waals surface area (Å²) in [5.74, 6) is 0.597. The molecule has 8 heteroatoms. The average Bonchev–Trinajstić information content (AvgIpc) is 2.80. The Morgan fingerprint density at radius 2 is 1.62 bits per heavy atom. The highest BCUT2D eigenvalue weighted by atomic mass is 35.5. The number of ether oxygens (including phenoxy) is 3. The van der Waals surface area contributed by atoms with Gasteiger partial charge in [0, 0.05) is 0 Å². The second kappa shape index (κ2) is 11.5. The lowest BCUT2D eigenvalue weighted by molar-refractivity contribution is -0.123. The molecule has 1 N–H and O–H groups in total. The van der Waals surface area contributed by atoms with E-state index in [0.29, 0.717) is 40.0 Å². The van der Waals surface area contributed by atoms with Gasteiger partial charge >= 0.3 is 5.97 Å². The second-order valence-electron chi connectivity index (χ2n) is 6.43. The maximum Gasteiger partial charge on any atom is 0.343 e. The van der Waals surface area contributed by atoms with Crippen molar-refractivity contribution in [1.29, 1.82) is 0 Å². The quantitative estimate of drug-likeness (QED) is 0.224. The van der Waals surface area contributed by atoms with Crippen LogP contribution in [0.2, 0.25) is 5.02 Å². The van der Waals surface area contributed by atoms with E-state index in [1.54, 1.807) is 72.8 Å². The first-order chi connectivity index (χ1) is 15.5. The summed E-state index contributed by atoms with van der Waals surface area (Å²) in [6.45, 7) is 2.22. The number of nitrogens with one attached hydrogen (secondary N) is 1. The topological polar surface area (TPSA) is 86.2 Å². The van der Waals surface area contributed by atoms with E-state index in [1.165, 1.54) is 6.21 Å². The molecule has 0 aliphatic heterocycles. The third kappa shape index (κ3) is 6.85. The van der Waals surface area contributed by atoms with Crippen molar-refractivity contribution in [1.82, 2.24) is 5.43 Å². The van der Waals surface area contributed by atoms with E-state index in [2.05, 4.69) is 10.5 Å². The fraction of sp³-hybridized carbons (Fsp3) is 0.125. The van der Waals surface area contributed by atoms with Gasteiger partial charge in [-0.2, -0.15) is 5.10 Å². The van der Waals surface area contributed by atoms with Crippen LogP contribution in [0.5, 0.6) is 17.2 Å². The predicted octanol–water partition coefficient (Wildman–Crippen LogP) is 4.49. The zero-order valence-electron chi connectivity index (χ0n) is 17.3. The summed E-state index contributed by atoms with van der Waals surface area (Å²) in [5, 5.41) is 4.30. The van der Waals surface area contributed by atoms with Gasteiger partial charge in [-0.1, -0.05) is 23.7 Å². The Hall–Kier alpha value is -3.84. The lowest BCUT2D eigenvalue weighted by Crippen LogP contribution is -2.24. The van der Waals surface area contributed by atoms with E-state index in [1.807, 2.05) is 6.92 Å². The highest BCUT2D eigenvalue weighted by Gasteiger charge is 2.09. The van der Waals surface area contributed by atoms with E-state index in [-0.39, 0.29) is 6.61 Å². The van der Waals surface area contributed by atoms with Crippen LogP contribution in [0.3, 0.4) is 0 Å². The molecule has 0 atom stereocenters. The third-order valence-corrected chi connectivity index (χ3v) is 4.40. The molecule has 0 fully saturated rings. The van der Waals surface area contributed by atoms with Crippen LogP contribution in [0.15, 0.2) is 77.9 Å². The third-order valence-electron chi connectivity index (χ3n) is 4.09. The number of carbonyl (C=O) groups is 2. The molecule has 0 aliphatic carbocycles. The standard InChI is InChI=1S/C24H21ClN2O5/c1-2-30-19-13-9-18(10-14-19)24(29)32-20-11-7-17(8-12-20)15-26-27-23(28)16-31-22-6-4-3-5-21(22)25/h3-15H,2,16H2,1H3,(H,27,28). The zero-order valence-corrected chi connectivity index (χ0v) is 18.0. The Balaban J connectivity index is 1.46. The fourth-order valence-electron chi connectivity index (χ4n) is 2.56. The highest BCUT2D eigenvalue weighted by molar-refractivity contribution is 6.32. The molecule has 0 spiro atoms. The van der Waals surface area contributed by atoms with E-state index in [4.69, 9.17) is 25.8 Å². The second-order valence-corrected chi connectivity index (χ2v) is 6.84. The van der Waals surface area contributed by atoms with Crippen LogP contribution in [0, 0.1) is 0 Å². The van der Waals surface area contributed by atoms with Crippen molar-refractivity contribution in [2.75, 3.05) is 13.2 Å². The first-order valence-corrected chi connectivity index (χ1v) is 10.2. The molecule has 0 saturated heterocycles. The average molecular weight is 453 g/mol. The molecular weight excluding hydrogens is 432 g/mol. The van der Waals surface area contributed by atoms with Gasteiger partial charge in [0.25, 0.3) is 5.91 Å². The van der Waals surface area contributed by atoms with Gasteiger partial charge in [0.15, 0.2) is 6.61 Å². The van der Waals surface area contributed by atoms with Crippen LogP contribution in [0.1, 0.15) is 22.8 Å². The Kier molecular flexibility index (Phi) is 8.22. The van der Waals surface area contributed by atoms with E-state index in [0.717, 1.165) is 0 Å². The highest BCUT2D eigenvalue weighted by Crippen LogP contribution is 2.22. The molecule has 0 aromatic heterocycles. The Morgan fingerprint density at radius 1 is 0.938 bits per heavy atom. The van der Waals surface area contributed by atoms with E-state index in [9.17, 15) is 9.59 Å². The largest absolute Gasteiger partial charge is 0.494 e. The molecular formula is C24H21ClN2O5. The van der Waals surface area contributed by atoms with Gasteiger partial charge in [-0.15, -0.1) is 0 Å². The maximum absolute atomic E-state index is 12.2.